The Bertz CT molecular complexity index is 400. The average Bonchev–Trinajstić information content (AvgIpc) is 2.74. The quantitative estimate of drug-likeness (QED) is 0.638. The molecule has 0 unspecified atom stereocenters. The predicted octanol–water partition coefficient (Wildman–Crippen LogP) is 3.02. The van der Waals surface area contributed by atoms with Gasteiger partial charge < -0.3 is 10.5 Å². The minimum Gasteiger partial charge on any atom is -0.459 e. The van der Waals surface area contributed by atoms with E-state index in [-0.39, 0.29) is 12.1 Å². The summed E-state index contributed by atoms with van der Waals surface area (Å²) in [6.45, 7) is 0. The Kier molecular flexibility index (Phi) is 3.34. The highest BCUT2D eigenvalue weighted by Crippen LogP contribution is 2.24. The number of nitrogen functional groups attached to an aromatic ring is 1. The number of ether oxygens (including phenoxy) is 1. The first-order chi connectivity index (χ1) is 7.66. The lowest BCUT2D eigenvalue weighted by Gasteiger charge is -2.12. The molecule has 2 rings (SSSR count). The molecule has 0 aliphatic heterocycles. The number of carbonyl (C=O) groups is 1. The molecule has 1 aromatic carbocycles. The molecule has 0 aromatic heterocycles. The molecule has 1 fully saturated rings. The Morgan fingerprint density at radius 2 is 2.06 bits per heavy atom. The predicted molar refractivity (Wildman–Crippen MR) is 63.5 cm³/mol. The molecule has 3 nitrogen and oxygen atoms in total. The van der Waals surface area contributed by atoms with Crippen LogP contribution >= 0.6 is 11.6 Å². The zero-order chi connectivity index (χ0) is 11.5. The smallest absolute Gasteiger partial charge is 0.340 e. The van der Waals surface area contributed by atoms with Crippen molar-refractivity contribution >= 4 is 23.3 Å². The molecule has 1 saturated carbocycles. The van der Waals surface area contributed by atoms with Crippen molar-refractivity contribution in [2.45, 2.75) is 31.8 Å². The molecule has 0 radical (unpaired) electrons. The summed E-state index contributed by atoms with van der Waals surface area (Å²) in [6.07, 6.45) is 4.20. The van der Waals surface area contributed by atoms with Gasteiger partial charge in [0.1, 0.15) is 6.10 Å². The SMILES string of the molecule is Nc1ccc(Cl)cc1C(=O)OC1CCCC1. The molecule has 1 aliphatic carbocycles. The number of benzene rings is 1. The minimum atomic E-state index is -0.369. The molecule has 0 atom stereocenters. The average molecular weight is 240 g/mol. The molecule has 0 spiro atoms. The third kappa shape index (κ3) is 2.47. The summed E-state index contributed by atoms with van der Waals surface area (Å²) in [5.74, 6) is -0.369. The van der Waals surface area contributed by atoms with Crippen LogP contribution in [0.3, 0.4) is 0 Å². The second-order valence-electron chi connectivity index (χ2n) is 4.04. The number of halogens is 1. The Hall–Kier alpha value is -1.22. The van der Waals surface area contributed by atoms with Crippen molar-refractivity contribution < 1.29 is 9.53 Å². The van der Waals surface area contributed by atoms with Gasteiger partial charge in [-0.05, 0) is 43.9 Å². The van der Waals surface area contributed by atoms with Crippen molar-refractivity contribution in [3.05, 3.63) is 28.8 Å². The number of anilines is 1. The van der Waals surface area contributed by atoms with Crippen LogP contribution in [0.4, 0.5) is 5.69 Å². The maximum absolute atomic E-state index is 11.8. The maximum atomic E-state index is 11.8. The fraction of sp³-hybridized carbons (Fsp3) is 0.417. The van der Waals surface area contributed by atoms with Crippen molar-refractivity contribution in [1.82, 2.24) is 0 Å². The number of rotatable bonds is 2. The minimum absolute atomic E-state index is 0.0471. The van der Waals surface area contributed by atoms with Gasteiger partial charge in [-0.2, -0.15) is 0 Å². The van der Waals surface area contributed by atoms with E-state index >= 15 is 0 Å². The standard InChI is InChI=1S/C12H14ClNO2/c13-8-5-6-11(14)10(7-8)12(15)16-9-3-1-2-4-9/h5-7,9H,1-4,14H2. The molecule has 1 aromatic rings. The van der Waals surface area contributed by atoms with Crippen molar-refractivity contribution in [3.63, 3.8) is 0 Å². The van der Waals surface area contributed by atoms with Crippen LogP contribution < -0.4 is 5.73 Å². The highest BCUT2D eigenvalue weighted by Gasteiger charge is 2.21. The number of esters is 1. The Morgan fingerprint density at radius 1 is 1.38 bits per heavy atom. The summed E-state index contributed by atoms with van der Waals surface area (Å²) in [4.78, 5) is 11.8. The number of carbonyl (C=O) groups excluding carboxylic acids is 1. The molecule has 86 valence electrons. The van der Waals surface area contributed by atoms with Gasteiger partial charge >= 0.3 is 5.97 Å². The fourth-order valence-corrected chi connectivity index (χ4v) is 2.10. The number of hydrogen-bond acceptors (Lipinski definition) is 3. The van der Waals surface area contributed by atoms with Gasteiger partial charge in [0.05, 0.1) is 5.56 Å². The van der Waals surface area contributed by atoms with Gasteiger partial charge in [0.2, 0.25) is 0 Å². The first-order valence-corrected chi connectivity index (χ1v) is 5.80. The molecule has 16 heavy (non-hydrogen) atoms. The van der Waals surface area contributed by atoms with Crippen molar-refractivity contribution in [1.29, 1.82) is 0 Å². The Balaban J connectivity index is 2.10. The van der Waals surface area contributed by atoms with Crippen molar-refractivity contribution in [3.8, 4) is 0 Å². The molecule has 4 heteroatoms. The van der Waals surface area contributed by atoms with Crippen LogP contribution in [0.25, 0.3) is 0 Å². The van der Waals surface area contributed by atoms with Crippen LogP contribution in [0.1, 0.15) is 36.0 Å². The second-order valence-corrected chi connectivity index (χ2v) is 4.48. The molecule has 0 bridgehead atoms. The van der Waals surface area contributed by atoms with E-state index in [0.717, 1.165) is 25.7 Å². The van der Waals surface area contributed by atoms with Crippen LogP contribution in [0, 0.1) is 0 Å². The Morgan fingerprint density at radius 3 is 2.75 bits per heavy atom. The van der Waals surface area contributed by atoms with Crippen LogP contribution in [-0.4, -0.2) is 12.1 Å². The summed E-state index contributed by atoms with van der Waals surface area (Å²) in [5, 5.41) is 0.493. The number of hydrogen-bond donors (Lipinski definition) is 1. The molecule has 0 heterocycles. The molecule has 0 amide bonds. The summed E-state index contributed by atoms with van der Waals surface area (Å²) in [5.41, 5.74) is 6.48. The van der Waals surface area contributed by atoms with Gasteiger partial charge in [-0.25, -0.2) is 4.79 Å². The highest BCUT2D eigenvalue weighted by atomic mass is 35.5. The van der Waals surface area contributed by atoms with Gasteiger partial charge in [-0.3, -0.25) is 0 Å². The van der Waals surface area contributed by atoms with E-state index in [9.17, 15) is 4.79 Å². The highest BCUT2D eigenvalue weighted by molar-refractivity contribution is 6.31. The lowest BCUT2D eigenvalue weighted by Crippen LogP contribution is -2.16. The number of nitrogens with two attached hydrogens (primary N) is 1. The van der Waals surface area contributed by atoms with Gasteiger partial charge in [-0.1, -0.05) is 11.6 Å². The van der Waals surface area contributed by atoms with E-state index in [1.807, 2.05) is 0 Å². The van der Waals surface area contributed by atoms with E-state index in [1.165, 1.54) is 0 Å². The molecule has 1 aliphatic rings. The summed E-state index contributed by atoms with van der Waals surface area (Å²) >= 11 is 5.81. The molecule has 2 N–H and O–H groups in total. The van der Waals surface area contributed by atoms with Gasteiger partial charge in [0.25, 0.3) is 0 Å². The largest absolute Gasteiger partial charge is 0.459 e. The van der Waals surface area contributed by atoms with E-state index < -0.39 is 0 Å². The first kappa shape index (κ1) is 11.3. The third-order valence-corrected chi connectivity index (χ3v) is 3.05. The fourth-order valence-electron chi connectivity index (χ4n) is 1.93. The zero-order valence-corrected chi connectivity index (χ0v) is 9.67. The lowest BCUT2D eigenvalue weighted by molar-refractivity contribution is 0.0319. The van der Waals surface area contributed by atoms with Crippen LogP contribution in [0.15, 0.2) is 18.2 Å². The monoisotopic (exact) mass is 239 g/mol. The van der Waals surface area contributed by atoms with Gasteiger partial charge in [-0.15, -0.1) is 0 Å². The van der Waals surface area contributed by atoms with Gasteiger partial charge in [0, 0.05) is 10.7 Å². The Labute approximate surface area is 99.5 Å². The van der Waals surface area contributed by atoms with E-state index in [2.05, 4.69) is 0 Å². The third-order valence-electron chi connectivity index (χ3n) is 2.81. The molecule has 0 saturated heterocycles. The van der Waals surface area contributed by atoms with Crippen LogP contribution in [-0.2, 0) is 4.74 Å². The normalized spacial score (nSPS) is 16.3. The second kappa shape index (κ2) is 4.74. The first-order valence-electron chi connectivity index (χ1n) is 5.43. The van der Waals surface area contributed by atoms with Crippen molar-refractivity contribution in [2.75, 3.05) is 5.73 Å². The summed E-state index contributed by atoms with van der Waals surface area (Å²) < 4.78 is 5.36. The maximum Gasteiger partial charge on any atom is 0.340 e. The van der Waals surface area contributed by atoms with Crippen molar-refractivity contribution in [2.24, 2.45) is 0 Å². The molecular weight excluding hydrogens is 226 g/mol. The topological polar surface area (TPSA) is 52.3 Å². The van der Waals surface area contributed by atoms with E-state index in [1.54, 1.807) is 18.2 Å². The van der Waals surface area contributed by atoms with Gasteiger partial charge in [0.15, 0.2) is 0 Å². The molecular formula is C12H14ClNO2. The van der Waals surface area contributed by atoms with Crippen LogP contribution in [0.5, 0.6) is 0 Å². The van der Waals surface area contributed by atoms with E-state index in [0.29, 0.717) is 16.3 Å². The summed E-state index contributed by atoms with van der Waals surface area (Å²) in [6, 6.07) is 4.82. The summed E-state index contributed by atoms with van der Waals surface area (Å²) in [7, 11) is 0. The van der Waals surface area contributed by atoms with Crippen LogP contribution in [0.2, 0.25) is 5.02 Å². The van der Waals surface area contributed by atoms with E-state index in [4.69, 9.17) is 22.1 Å². The zero-order valence-electron chi connectivity index (χ0n) is 8.91. The lowest BCUT2D eigenvalue weighted by atomic mass is 10.2.